The van der Waals surface area contributed by atoms with E-state index < -0.39 is 0 Å². The summed E-state index contributed by atoms with van der Waals surface area (Å²) in [4.78, 5) is 2.49. The van der Waals surface area contributed by atoms with Gasteiger partial charge >= 0.3 is 0 Å². The normalized spacial score (nSPS) is 16.7. The van der Waals surface area contributed by atoms with Crippen molar-refractivity contribution in [2.24, 2.45) is 5.92 Å². The van der Waals surface area contributed by atoms with E-state index in [9.17, 15) is 0 Å². The highest BCUT2D eigenvalue weighted by molar-refractivity contribution is 7.80. The molecule has 27 heavy (non-hydrogen) atoms. The van der Waals surface area contributed by atoms with Gasteiger partial charge in [0, 0.05) is 37.1 Å². The van der Waals surface area contributed by atoms with Gasteiger partial charge in [-0.3, -0.25) is 0 Å². The number of rotatable bonds is 6. The van der Waals surface area contributed by atoms with Crippen LogP contribution in [0.1, 0.15) is 32.3 Å². The molecule has 1 aliphatic rings. The van der Waals surface area contributed by atoms with Crippen LogP contribution in [0.5, 0.6) is 5.75 Å². The Morgan fingerprint density at radius 2 is 2.04 bits per heavy atom. The molecule has 0 amide bonds. The summed E-state index contributed by atoms with van der Waals surface area (Å²) in [7, 11) is 0. The lowest BCUT2D eigenvalue weighted by Gasteiger charge is -2.32. The van der Waals surface area contributed by atoms with Crippen molar-refractivity contribution in [2.75, 3.05) is 29.9 Å². The highest BCUT2D eigenvalue weighted by Crippen LogP contribution is 2.23. The molecule has 2 N–H and O–H groups in total. The highest BCUT2D eigenvalue weighted by Gasteiger charge is 2.16. The summed E-state index contributed by atoms with van der Waals surface area (Å²) in [5.41, 5.74) is 3.46. The van der Waals surface area contributed by atoms with Crippen LogP contribution < -0.4 is 20.3 Å². The molecule has 1 fully saturated rings. The molecule has 144 valence electrons. The lowest BCUT2D eigenvalue weighted by Crippen LogP contribution is -2.34. The SMILES string of the molecule is CCOc1cccc(NC(=S)NCc2ccc(N3CCCC(C)C3)cc2)c1. The average molecular weight is 384 g/mol. The van der Waals surface area contributed by atoms with Crippen molar-refractivity contribution in [3.63, 3.8) is 0 Å². The van der Waals surface area contributed by atoms with Crippen LogP contribution in [-0.4, -0.2) is 24.8 Å². The van der Waals surface area contributed by atoms with Gasteiger partial charge in [0.05, 0.1) is 6.61 Å². The van der Waals surface area contributed by atoms with E-state index in [0.717, 1.165) is 30.4 Å². The van der Waals surface area contributed by atoms with Crippen LogP contribution in [0.3, 0.4) is 0 Å². The van der Waals surface area contributed by atoms with Gasteiger partial charge < -0.3 is 20.3 Å². The Morgan fingerprint density at radius 3 is 2.78 bits per heavy atom. The topological polar surface area (TPSA) is 36.5 Å². The maximum atomic E-state index is 5.52. The third-order valence-corrected chi connectivity index (χ3v) is 5.06. The van der Waals surface area contributed by atoms with Crippen LogP contribution in [0.2, 0.25) is 0 Å². The van der Waals surface area contributed by atoms with Crippen molar-refractivity contribution in [3.8, 4) is 5.75 Å². The smallest absolute Gasteiger partial charge is 0.171 e. The first kappa shape index (κ1) is 19.5. The van der Waals surface area contributed by atoms with Gasteiger partial charge in [0.1, 0.15) is 5.75 Å². The summed E-state index contributed by atoms with van der Waals surface area (Å²) in [6, 6.07) is 16.6. The predicted octanol–water partition coefficient (Wildman–Crippen LogP) is 4.81. The Morgan fingerprint density at radius 1 is 1.22 bits per heavy atom. The van der Waals surface area contributed by atoms with Crippen LogP contribution in [0.15, 0.2) is 48.5 Å². The average Bonchev–Trinajstić information content (AvgIpc) is 2.67. The third-order valence-electron chi connectivity index (χ3n) is 4.81. The van der Waals surface area contributed by atoms with Gasteiger partial charge in [0.2, 0.25) is 0 Å². The number of ether oxygens (including phenoxy) is 1. The first-order chi connectivity index (χ1) is 13.1. The van der Waals surface area contributed by atoms with E-state index in [4.69, 9.17) is 17.0 Å². The predicted molar refractivity (Wildman–Crippen MR) is 118 cm³/mol. The molecule has 0 spiro atoms. The summed E-state index contributed by atoms with van der Waals surface area (Å²) in [6.45, 7) is 7.99. The van der Waals surface area contributed by atoms with E-state index in [1.54, 1.807) is 0 Å². The maximum Gasteiger partial charge on any atom is 0.171 e. The number of hydrogen-bond donors (Lipinski definition) is 2. The molecule has 4 nitrogen and oxygen atoms in total. The van der Waals surface area contributed by atoms with Crippen molar-refractivity contribution in [2.45, 2.75) is 33.2 Å². The summed E-state index contributed by atoms with van der Waals surface area (Å²) in [5.74, 6) is 1.62. The van der Waals surface area contributed by atoms with E-state index in [-0.39, 0.29) is 0 Å². The Kier molecular flexibility index (Phi) is 6.93. The molecule has 0 bridgehead atoms. The minimum absolute atomic E-state index is 0.609. The number of piperidine rings is 1. The third kappa shape index (κ3) is 5.86. The Balaban J connectivity index is 1.49. The molecule has 0 saturated carbocycles. The number of thiocarbonyl (C=S) groups is 1. The fourth-order valence-corrected chi connectivity index (χ4v) is 3.63. The van der Waals surface area contributed by atoms with Crippen LogP contribution in [-0.2, 0) is 6.54 Å². The standard InChI is InChI=1S/C22H29N3OS/c1-3-26-21-8-4-7-19(14-21)24-22(27)23-15-18-9-11-20(12-10-18)25-13-5-6-17(2)16-25/h4,7-12,14,17H,3,5-6,13,15-16H2,1-2H3,(H2,23,24,27). The van der Waals surface area contributed by atoms with Crippen LogP contribution in [0, 0.1) is 5.92 Å². The highest BCUT2D eigenvalue weighted by atomic mass is 32.1. The molecule has 0 aliphatic carbocycles. The summed E-state index contributed by atoms with van der Waals surface area (Å²) in [6.07, 6.45) is 2.63. The summed E-state index contributed by atoms with van der Waals surface area (Å²) in [5, 5.41) is 7.09. The number of nitrogens with zero attached hydrogens (tertiary/aromatic N) is 1. The molecule has 5 heteroatoms. The molecule has 1 aliphatic heterocycles. The molecule has 2 aromatic carbocycles. The zero-order chi connectivity index (χ0) is 19.1. The van der Waals surface area contributed by atoms with E-state index in [0.29, 0.717) is 18.3 Å². The molecular formula is C22H29N3OS. The minimum Gasteiger partial charge on any atom is -0.494 e. The fraction of sp³-hybridized carbons (Fsp3) is 0.409. The molecule has 1 unspecified atom stereocenters. The molecule has 2 aromatic rings. The zero-order valence-electron chi connectivity index (χ0n) is 16.2. The van der Waals surface area contributed by atoms with Gasteiger partial charge in [-0.15, -0.1) is 0 Å². The van der Waals surface area contributed by atoms with Gasteiger partial charge in [-0.25, -0.2) is 0 Å². The van der Waals surface area contributed by atoms with E-state index in [1.165, 1.54) is 24.1 Å². The molecular weight excluding hydrogens is 354 g/mol. The van der Waals surface area contributed by atoms with Gasteiger partial charge in [-0.2, -0.15) is 0 Å². The fourth-order valence-electron chi connectivity index (χ4n) is 3.44. The molecule has 1 saturated heterocycles. The molecule has 3 rings (SSSR count). The molecule has 0 radical (unpaired) electrons. The maximum absolute atomic E-state index is 5.52. The molecule has 1 atom stereocenters. The monoisotopic (exact) mass is 383 g/mol. The molecule has 0 aromatic heterocycles. The van der Waals surface area contributed by atoms with Crippen molar-refractivity contribution in [3.05, 3.63) is 54.1 Å². The lowest BCUT2D eigenvalue weighted by atomic mass is 9.99. The summed E-state index contributed by atoms with van der Waals surface area (Å²) < 4.78 is 5.52. The Bertz CT molecular complexity index is 747. The van der Waals surface area contributed by atoms with Crippen LogP contribution >= 0.6 is 12.2 Å². The van der Waals surface area contributed by atoms with Gasteiger partial charge in [-0.05, 0) is 67.7 Å². The van der Waals surface area contributed by atoms with Crippen LogP contribution in [0.25, 0.3) is 0 Å². The quantitative estimate of drug-likeness (QED) is 0.700. The second-order valence-corrected chi connectivity index (χ2v) is 7.54. The first-order valence-electron chi connectivity index (χ1n) is 9.75. The van der Waals surface area contributed by atoms with Crippen LogP contribution in [0.4, 0.5) is 11.4 Å². The van der Waals surface area contributed by atoms with Gasteiger partial charge in [-0.1, -0.05) is 25.1 Å². The Hall–Kier alpha value is -2.27. The van der Waals surface area contributed by atoms with Crippen molar-refractivity contribution < 1.29 is 4.74 Å². The number of hydrogen-bond acceptors (Lipinski definition) is 3. The number of nitrogens with one attached hydrogen (secondary N) is 2. The molecule has 1 heterocycles. The van der Waals surface area contributed by atoms with Gasteiger partial charge in [0.25, 0.3) is 0 Å². The number of anilines is 2. The van der Waals surface area contributed by atoms with Gasteiger partial charge in [0.15, 0.2) is 5.11 Å². The van der Waals surface area contributed by atoms with E-state index >= 15 is 0 Å². The van der Waals surface area contributed by atoms with Crippen molar-refractivity contribution in [1.29, 1.82) is 0 Å². The Labute approximate surface area is 167 Å². The lowest BCUT2D eigenvalue weighted by molar-refractivity contribution is 0.340. The second kappa shape index (κ2) is 9.60. The van der Waals surface area contributed by atoms with E-state index in [1.807, 2.05) is 31.2 Å². The largest absolute Gasteiger partial charge is 0.494 e. The first-order valence-corrected chi connectivity index (χ1v) is 10.2. The number of benzene rings is 2. The van der Waals surface area contributed by atoms with Crippen molar-refractivity contribution >= 4 is 28.7 Å². The van der Waals surface area contributed by atoms with Crippen molar-refractivity contribution in [1.82, 2.24) is 5.32 Å². The van der Waals surface area contributed by atoms with E-state index in [2.05, 4.69) is 46.7 Å². The zero-order valence-corrected chi connectivity index (χ0v) is 17.0. The second-order valence-electron chi connectivity index (χ2n) is 7.13. The minimum atomic E-state index is 0.609. The summed E-state index contributed by atoms with van der Waals surface area (Å²) >= 11 is 5.41.